The molecule has 0 fully saturated rings. The third kappa shape index (κ3) is 5.34. The van der Waals surface area contributed by atoms with E-state index in [1.165, 1.54) is 5.56 Å². The van der Waals surface area contributed by atoms with Gasteiger partial charge in [-0.3, -0.25) is 0 Å². The summed E-state index contributed by atoms with van der Waals surface area (Å²) in [4.78, 5) is 2.46. The summed E-state index contributed by atoms with van der Waals surface area (Å²) in [7, 11) is -3.78. The molecule has 0 saturated carbocycles. The Morgan fingerprint density at radius 1 is 0.862 bits per heavy atom. The van der Waals surface area contributed by atoms with Gasteiger partial charge in [0.1, 0.15) is 5.71 Å². The number of aryl methyl sites for hydroxylation is 3. The molecular formula is C24H22N2O2S. The van der Waals surface area contributed by atoms with E-state index in [1.807, 2.05) is 69.3 Å². The molecule has 3 aromatic rings. The molecule has 0 aliphatic rings. The van der Waals surface area contributed by atoms with Crippen LogP contribution in [0.1, 0.15) is 27.8 Å². The van der Waals surface area contributed by atoms with Crippen LogP contribution in [0.2, 0.25) is 0 Å². The molecule has 0 atom stereocenters. The van der Waals surface area contributed by atoms with Crippen LogP contribution in [0.25, 0.3) is 0 Å². The predicted molar refractivity (Wildman–Crippen MR) is 117 cm³/mol. The fraction of sp³-hybridized carbons (Fsp3) is 0.125. The lowest BCUT2D eigenvalue weighted by Gasteiger charge is -2.05. The number of hydrazone groups is 1. The minimum Gasteiger partial charge on any atom is -0.200 e. The van der Waals surface area contributed by atoms with Crippen LogP contribution in [0, 0.1) is 32.6 Å². The van der Waals surface area contributed by atoms with Gasteiger partial charge in [0.2, 0.25) is 0 Å². The van der Waals surface area contributed by atoms with Crippen LogP contribution < -0.4 is 4.83 Å². The van der Waals surface area contributed by atoms with Crippen molar-refractivity contribution in [3.8, 4) is 11.8 Å². The molecule has 1 N–H and O–H groups in total. The first-order valence-corrected chi connectivity index (χ1v) is 10.6. The maximum absolute atomic E-state index is 12.6. The van der Waals surface area contributed by atoms with E-state index >= 15 is 0 Å². The van der Waals surface area contributed by atoms with Crippen molar-refractivity contribution in [2.45, 2.75) is 25.7 Å². The van der Waals surface area contributed by atoms with Gasteiger partial charge in [-0.1, -0.05) is 60.0 Å². The lowest BCUT2D eigenvalue weighted by atomic mass is 10.1. The lowest BCUT2D eigenvalue weighted by Crippen LogP contribution is -2.20. The van der Waals surface area contributed by atoms with Crippen molar-refractivity contribution in [1.82, 2.24) is 4.83 Å². The molecule has 0 saturated heterocycles. The van der Waals surface area contributed by atoms with Gasteiger partial charge < -0.3 is 0 Å². The monoisotopic (exact) mass is 402 g/mol. The van der Waals surface area contributed by atoms with Gasteiger partial charge in [-0.15, -0.1) is 0 Å². The van der Waals surface area contributed by atoms with E-state index in [0.717, 1.165) is 22.3 Å². The predicted octanol–water partition coefficient (Wildman–Crippen LogP) is 4.35. The molecule has 5 heteroatoms. The minimum atomic E-state index is -3.78. The fourth-order valence-corrected chi connectivity index (χ4v) is 3.40. The van der Waals surface area contributed by atoms with E-state index < -0.39 is 10.0 Å². The Hall–Kier alpha value is -3.36. The van der Waals surface area contributed by atoms with Crippen molar-refractivity contribution in [2.75, 3.05) is 0 Å². The number of nitrogens with one attached hydrogen (secondary N) is 1. The van der Waals surface area contributed by atoms with E-state index in [9.17, 15) is 8.42 Å². The number of hydrogen-bond acceptors (Lipinski definition) is 3. The number of nitrogens with zero attached hydrogens (tertiary/aromatic N) is 1. The van der Waals surface area contributed by atoms with Crippen molar-refractivity contribution >= 4 is 15.7 Å². The number of hydrogen-bond donors (Lipinski definition) is 1. The van der Waals surface area contributed by atoms with Crippen LogP contribution in [0.4, 0.5) is 0 Å². The number of sulfonamides is 1. The molecule has 0 aliphatic carbocycles. The Bertz CT molecular complexity index is 1200. The van der Waals surface area contributed by atoms with Gasteiger partial charge in [0.05, 0.1) is 4.90 Å². The van der Waals surface area contributed by atoms with Crippen molar-refractivity contribution < 1.29 is 8.42 Å². The van der Waals surface area contributed by atoms with Gasteiger partial charge in [0, 0.05) is 11.1 Å². The van der Waals surface area contributed by atoms with E-state index in [4.69, 9.17) is 0 Å². The lowest BCUT2D eigenvalue weighted by molar-refractivity contribution is 0.584. The minimum absolute atomic E-state index is 0.154. The highest BCUT2D eigenvalue weighted by molar-refractivity contribution is 7.89. The molecule has 0 unspecified atom stereocenters. The molecule has 0 amide bonds. The topological polar surface area (TPSA) is 58.5 Å². The average Bonchev–Trinajstić information content (AvgIpc) is 2.71. The Morgan fingerprint density at radius 3 is 2.21 bits per heavy atom. The highest BCUT2D eigenvalue weighted by Gasteiger charge is 2.13. The molecular weight excluding hydrogens is 380 g/mol. The molecule has 0 bridgehead atoms. The first-order valence-electron chi connectivity index (χ1n) is 9.16. The number of rotatable bonds is 4. The summed E-state index contributed by atoms with van der Waals surface area (Å²) in [6.45, 7) is 5.98. The van der Waals surface area contributed by atoms with Crippen LogP contribution in [-0.4, -0.2) is 14.1 Å². The van der Waals surface area contributed by atoms with Crippen LogP contribution in [-0.2, 0) is 10.0 Å². The Labute approximate surface area is 172 Å². The first-order chi connectivity index (χ1) is 13.8. The van der Waals surface area contributed by atoms with E-state index in [-0.39, 0.29) is 4.90 Å². The van der Waals surface area contributed by atoms with Gasteiger partial charge in [0.25, 0.3) is 10.0 Å². The van der Waals surface area contributed by atoms with Gasteiger partial charge in [-0.2, -0.15) is 18.4 Å². The Kier molecular flexibility index (Phi) is 6.16. The molecule has 0 heterocycles. The van der Waals surface area contributed by atoms with Crippen molar-refractivity contribution in [1.29, 1.82) is 0 Å². The van der Waals surface area contributed by atoms with E-state index in [2.05, 4.69) is 21.8 Å². The maximum atomic E-state index is 12.6. The van der Waals surface area contributed by atoms with Gasteiger partial charge in [-0.25, -0.2) is 0 Å². The quantitative estimate of drug-likeness (QED) is 0.401. The highest BCUT2D eigenvalue weighted by atomic mass is 32.2. The van der Waals surface area contributed by atoms with Crippen LogP contribution in [0.15, 0.2) is 82.8 Å². The Balaban J connectivity index is 1.95. The third-order valence-corrected chi connectivity index (χ3v) is 5.71. The van der Waals surface area contributed by atoms with Crippen LogP contribution >= 0.6 is 0 Å². The van der Waals surface area contributed by atoms with Gasteiger partial charge in [-0.05, 0) is 62.1 Å². The summed E-state index contributed by atoms with van der Waals surface area (Å²) in [5.74, 6) is 6.08. The second kappa shape index (κ2) is 8.76. The normalized spacial score (nSPS) is 11.5. The van der Waals surface area contributed by atoms with Gasteiger partial charge in [0.15, 0.2) is 0 Å². The molecule has 3 aromatic carbocycles. The summed E-state index contributed by atoms with van der Waals surface area (Å²) in [5.41, 5.74) is 5.25. The first kappa shape index (κ1) is 20.4. The van der Waals surface area contributed by atoms with E-state index in [1.54, 1.807) is 24.3 Å². The SMILES string of the molecule is Cc1ccc(S(=O)(=O)N/N=C(/C#Cc2ccc(C)c(C)c2)c2ccccc2)cc1. The summed E-state index contributed by atoms with van der Waals surface area (Å²) >= 11 is 0. The third-order valence-electron chi connectivity index (χ3n) is 4.49. The zero-order valence-corrected chi connectivity index (χ0v) is 17.4. The molecule has 0 spiro atoms. The summed E-state index contributed by atoms with van der Waals surface area (Å²) in [6.07, 6.45) is 0. The molecule has 3 rings (SSSR count). The van der Waals surface area contributed by atoms with Crippen molar-refractivity contribution in [3.05, 3.63) is 101 Å². The highest BCUT2D eigenvalue weighted by Crippen LogP contribution is 2.11. The summed E-state index contributed by atoms with van der Waals surface area (Å²) in [6, 6.07) is 21.8. The fourth-order valence-electron chi connectivity index (χ4n) is 2.59. The molecule has 0 aromatic heterocycles. The van der Waals surface area contributed by atoms with Crippen molar-refractivity contribution in [2.24, 2.45) is 5.10 Å². The standard InChI is InChI=1S/C24H22N2O2S/c1-18-9-14-23(15-10-18)29(27,28)26-25-24(22-7-5-4-6-8-22)16-13-21-12-11-19(2)20(3)17-21/h4-12,14-15,17,26H,1-3H3/b25-24-. The molecule has 29 heavy (non-hydrogen) atoms. The summed E-state index contributed by atoms with van der Waals surface area (Å²) in [5, 5.41) is 4.12. The zero-order valence-electron chi connectivity index (χ0n) is 16.6. The van der Waals surface area contributed by atoms with Crippen LogP contribution in [0.5, 0.6) is 0 Å². The second-order valence-electron chi connectivity index (χ2n) is 6.78. The number of benzene rings is 3. The van der Waals surface area contributed by atoms with Crippen molar-refractivity contribution in [3.63, 3.8) is 0 Å². The average molecular weight is 403 g/mol. The van der Waals surface area contributed by atoms with Crippen LogP contribution in [0.3, 0.4) is 0 Å². The van der Waals surface area contributed by atoms with Gasteiger partial charge >= 0.3 is 0 Å². The zero-order chi connectivity index (χ0) is 20.9. The maximum Gasteiger partial charge on any atom is 0.276 e. The molecule has 146 valence electrons. The largest absolute Gasteiger partial charge is 0.276 e. The second-order valence-corrected chi connectivity index (χ2v) is 8.44. The smallest absolute Gasteiger partial charge is 0.200 e. The molecule has 4 nitrogen and oxygen atoms in total. The Morgan fingerprint density at radius 2 is 1.55 bits per heavy atom. The van der Waals surface area contributed by atoms with E-state index in [0.29, 0.717) is 5.71 Å². The summed E-state index contributed by atoms with van der Waals surface area (Å²) < 4.78 is 25.1. The molecule has 0 aliphatic heterocycles. The molecule has 0 radical (unpaired) electrons.